The number of sulfonamides is 1. The van der Waals surface area contributed by atoms with Gasteiger partial charge in [0.25, 0.3) is 0 Å². The number of aromatic amines is 1. The molecular weight excluding hydrogens is 244 g/mol. The molecule has 0 unspecified atom stereocenters. The maximum Gasteiger partial charge on any atom is 0.352 e. The topological polar surface area (TPSA) is 99.3 Å². The van der Waals surface area contributed by atoms with Crippen LogP contribution in [0.4, 0.5) is 0 Å². The molecule has 1 aromatic rings. The van der Waals surface area contributed by atoms with Crippen molar-refractivity contribution in [1.29, 1.82) is 0 Å². The van der Waals surface area contributed by atoms with E-state index < -0.39 is 21.5 Å². The van der Waals surface area contributed by atoms with Gasteiger partial charge < -0.3 is 10.1 Å². The van der Waals surface area contributed by atoms with Gasteiger partial charge in [0.2, 0.25) is 10.0 Å². The van der Waals surface area contributed by atoms with Crippen LogP contribution in [0.15, 0.2) is 11.1 Å². The van der Waals surface area contributed by atoms with Crippen molar-refractivity contribution >= 4 is 16.0 Å². The zero-order valence-electron chi connectivity index (χ0n) is 10.2. The predicted octanol–water partition coefficient (Wildman–Crippen LogP) is 1.10. The van der Waals surface area contributed by atoms with Crippen LogP contribution >= 0.6 is 0 Å². The third-order valence-corrected chi connectivity index (χ3v) is 3.92. The first-order chi connectivity index (χ1) is 7.54. The van der Waals surface area contributed by atoms with Gasteiger partial charge in [-0.2, -0.15) is 0 Å². The van der Waals surface area contributed by atoms with E-state index in [4.69, 9.17) is 5.11 Å². The molecule has 3 N–H and O–H groups in total. The minimum absolute atomic E-state index is 0.0372. The molecule has 0 saturated heterocycles. The van der Waals surface area contributed by atoms with Gasteiger partial charge in [0.1, 0.15) is 10.6 Å². The van der Waals surface area contributed by atoms with Gasteiger partial charge >= 0.3 is 5.97 Å². The molecule has 1 aromatic heterocycles. The predicted molar refractivity (Wildman–Crippen MR) is 62.6 cm³/mol. The van der Waals surface area contributed by atoms with Gasteiger partial charge in [-0.1, -0.05) is 0 Å². The first-order valence-corrected chi connectivity index (χ1v) is 6.48. The van der Waals surface area contributed by atoms with E-state index in [0.29, 0.717) is 0 Å². The molecule has 1 rings (SSSR count). The highest BCUT2D eigenvalue weighted by molar-refractivity contribution is 7.89. The number of aromatic nitrogens is 1. The Hall–Kier alpha value is -1.34. The molecule has 0 bridgehead atoms. The van der Waals surface area contributed by atoms with Crippen LogP contribution in [-0.2, 0) is 10.0 Å². The third kappa shape index (κ3) is 3.07. The number of carbonyl (C=O) groups is 1. The monoisotopic (exact) mass is 260 g/mol. The molecule has 0 aliphatic rings. The largest absolute Gasteiger partial charge is 0.477 e. The molecule has 96 valence electrons. The summed E-state index contributed by atoms with van der Waals surface area (Å²) >= 11 is 0. The normalized spacial score (nSPS) is 12.7. The Labute approximate surface area is 100 Å². The minimum atomic E-state index is -3.71. The SMILES string of the molecule is Cc1c(S(=O)(=O)NC(C)(C)C)c[nH]c1C(=O)O. The summed E-state index contributed by atoms with van der Waals surface area (Å²) in [5.74, 6) is -1.18. The van der Waals surface area contributed by atoms with Crippen molar-refractivity contribution in [3.8, 4) is 0 Å². The van der Waals surface area contributed by atoms with Crippen molar-refractivity contribution in [1.82, 2.24) is 9.71 Å². The molecule has 0 fully saturated rings. The number of H-pyrrole nitrogens is 1. The maximum absolute atomic E-state index is 12.0. The molecule has 0 amide bonds. The van der Waals surface area contributed by atoms with Crippen molar-refractivity contribution < 1.29 is 18.3 Å². The molecule has 7 heteroatoms. The quantitative estimate of drug-likeness (QED) is 0.757. The van der Waals surface area contributed by atoms with Gasteiger partial charge in [-0.15, -0.1) is 0 Å². The molecule has 0 radical (unpaired) electrons. The van der Waals surface area contributed by atoms with Gasteiger partial charge in [0.05, 0.1) is 0 Å². The van der Waals surface area contributed by atoms with Gasteiger partial charge in [-0.3, -0.25) is 0 Å². The molecule has 1 heterocycles. The molecule has 0 atom stereocenters. The van der Waals surface area contributed by atoms with E-state index >= 15 is 0 Å². The highest BCUT2D eigenvalue weighted by Crippen LogP contribution is 2.20. The molecular formula is C10H16N2O4S. The molecule has 0 aliphatic heterocycles. The Balaban J connectivity index is 3.22. The molecule has 6 nitrogen and oxygen atoms in total. The zero-order valence-corrected chi connectivity index (χ0v) is 11.0. The van der Waals surface area contributed by atoms with Gasteiger partial charge in [0, 0.05) is 17.3 Å². The van der Waals surface area contributed by atoms with E-state index in [1.807, 2.05) is 0 Å². The standard InChI is InChI=1S/C10H16N2O4S/c1-6-7(5-11-8(6)9(13)14)17(15,16)12-10(2,3)4/h5,11-12H,1-4H3,(H,13,14). The average Bonchev–Trinajstić information content (AvgIpc) is 2.42. The zero-order chi connectivity index (χ0) is 13.4. The highest BCUT2D eigenvalue weighted by atomic mass is 32.2. The van der Waals surface area contributed by atoms with Crippen LogP contribution in [0.3, 0.4) is 0 Å². The summed E-state index contributed by atoms with van der Waals surface area (Å²) < 4.78 is 26.4. The van der Waals surface area contributed by atoms with E-state index in [-0.39, 0.29) is 16.2 Å². The van der Waals surface area contributed by atoms with E-state index in [1.165, 1.54) is 13.1 Å². The first-order valence-electron chi connectivity index (χ1n) is 5.00. The van der Waals surface area contributed by atoms with E-state index in [9.17, 15) is 13.2 Å². The number of hydrogen-bond acceptors (Lipinski definition) is 3. The molecule has 0 saturated carbocycles. The van der Waals surface area contributed by atoms with Crippen LogP contribution in [0, 0.1) is 6.92 Å². The summed E-state index contributed by atoms with van der Waals surface area (Å²) in [6.07, 6.45) is 1.19. The Bertz CT molecular complexity index is 537. The summed E-state index contributed by atoms with van der Waals surface area (Å²) in [4.78, 5) is 13.2. The molecule has 0 aromatic carbocycles. The van der Waals surface area contributed by atoms with Crippen LogP contribution in [0.5, 0.6) is 0 Å². The summed E-state index contributed by atoms with van der Waals surface area (Å²) in [6.45, 7) is 6.59. The van der Waals surface area contributed by atoms with Crippen molar-refractivity contribution in [2.24, 2.45) is 0 Å². The number of aromatic carboxylic acids is 1. The van der Waals surface area contributed by atoms with Gasteiger partial charge in [-0.25, -0.2) is 17.9 Å². The first kappa shape index (κ1) is 13.7. The fourth-order valence-electron chi connectivity index (χ4n) is 1.44. The highest BCUT2D eigenvalue weighted by Gasteiger charge is 2.26. The van der Waals surface area contributed by atoms with E-state index in [2.05, 4.69) is 9.71 Å². The number of carboxylic acid groups (broad SMARTS) is 1. The lowest BCUT2D eigenvalue weighted by Crippen LogP contribution is -2.40. The number of nitrogens with one attached hydrogen (secondary N) is 2. The Kier molecular flexibility index (Phi) is 3.35. The summed E-state index contributed by atoms with van der Waals surface area (Å²) in [6, 6.07) is 0. The number of rotatable bonds is 3. The van der Waals surface area contributed by atoms with Crippen molar-refractivity contribution in [2.45, 2.75) is 38.1 Å². The van der Waals surface area contributed by atoms with Crippen LogP contribution in [0.25, 0.3) is 0 Å². The third-order valence-electron chi connectivity index (χ3n) is 2.04. The Morgan fingerprint density at radius 3 is 2.29 bits per heavy atom. The summed E-state index contributed by atoms with van der Waals surface area (Å²) in [7, 11) is -3.71. The number of carboxylic acids is 1. The number of hydrogen-bond donors (Lipinski definition) is 3. The second-order valence-corrected chi connectivity index (χ2v) is 6.46. The Morgan fingerprint density at radius 2 is 1.94 bits per heavy atom. The van der Waals surface area contributed by atoms with E-state index in [0.717, 1.165) is 0 Å². The lowest BCUT2D eigenvalue weighted by Gasteiger charge is -2.20. The molecule has 0 aliphatic carbocycles. The Morgan fingerprint density at radius 1 is 1.41 bits per heavy atom. The van der Waals surface area contributed by atoms with E-state index in [1.54, 1.807) is 20.8 Å². The smallest absolute Gasteiger partial charge is 0.352 e. The van der Waals surface area contributed by atoms with Crippen molar-refractivity contribution in [3.05, 3.63) is 17.5 Å². The fourth-order valence-corrected chi connectivity index (χ4v) is 3.07. The van der Waals surface area contributed by atoms with Crippen LogP contribution in [0.2, 0.25) is 0 Å². The van der Waals surface area contributed by atoms with Crippen LogP contribution < -0.4 is 4.72 Å². The second-order valence-electron chi connectivity index (χ2n) is 4.81. The average molecular weight is 260 g/mol. The molecule has 0 spiro atoms. The maximum atomic E-state index is 12.0. The minimum Gasteiger partial charge on any atom is -0.477 e. The van der Waals surface area contributed by atoms with Gasteiger partial charge in [-0.05, 0) is 27.7 Å². The molecule has 17 heavy (non-hydrogen) atoms. The lowest BCUT2D eigenvalue weighted by atomic mass is 10.1. The fraction of sp³-hybridized carbons (Fsp3) is 0.500. The van der Waals surface area contributed by atoms with Crippen molar-refractivity contribution in [2.75, 3.05) is 0 Å². The summed E-state index contributed by atoms with van der Waals surface area (Å²) in [5, 5.41) is 8.83. The van der Waals surface area contributed by atoms with Crippen LogP contribution in [0.1, 0.15) is 36.8 Å². The van der Waals surface area contributed by atoms with Crippen LogP contribution in [-0.4, -0.2) is 30.0 Å². The second kappa shape index (κ2) is 4.15. The van der Waals surface area contributed by atoms with Crippen molar-refractivity contribution in [3.63, 3.8) is 0 Å². The summed E-state index contributed by atoms with van der Waals surface area (Å²) in [5.41, 5.74) is -0.528. The lowest BCUT2D eigenvalue weighted by molar-refractivity contribution is 0.0690. The van der Waals surface area contributed by atoms with Gasteiger partial charge in [0.15, 0.2) is 0 Å².